The highest BCUT2D eigenvalue weighted by molar-refractivity contribution is 5.80. The summed E-state index contributed by atoms with van der Waals surface area (Å²) in [6.07, 6.45) is 8.90. The molecule has 108 valence electrons. The highest BCUT2D eigenvalue weighted by Gasteiger charge is 2.49. The van der Waals surface area contributed by atoms with Gasteiger partial charge in [-0.15, -0.1) is 0 Å². The third kappa shape index (κ3) is 5.60. The molecule has 2 atom stereocenters. The fourth-order valence-corrected chi connectivity index (χ4v) is 2.26. The summed E-state index contributed by atoms with van der Waals surface area (Å²) in [6, 6.07) is 0. The first-order chi connectivity index (χ1) is 8.87. The Morgan fingerprint density at radius 1 is 1.32 bits per heavy atom. The van der Waals surface area contributed by atoms with Crippen LogP contribution in [0, 0.1) is 0 Å². The molecular formula is C16H26O3. The van der Waals surface area contributed by atoms with Crippen LogP contribution in [0.2, 0.25) is 0 Å². The van der Waals surface area contributed by atoms with Crippen molar-refractivity contribution in [1.29, 1.82) is 0 Å². The van der Waals surface area contributed by atoms with Crippen molar-refractivity contribution in [1.82, 2.24) is 0 Å². The molecule has 0 aliphatic carbocycles. The zero-order valence-electron chi connectivity index (χ0n) is 12.5. The number of epoxide rings is 1. The molecule has 0 radical (unpaired) electrons. The fraction of sp³-hybridized carbons (Fsp3) is 0.688. The summed E-state index contributed by atoms with van der Waals surface area (Å²) < 4.78 is 5.69. The molecular weight excluding hydrogens is 240 g/mol. The first-order valence-electron chi connectivity index (χ1n) is 7.11. The van der Waals surface area contributed by atoms with Crippen molar-refractivity contribution in [3.63, 3.8) is 0 Å². The molecule has 3 nitrogen and oxygen atoms in total. The maximum atomic E-state index is 10.5. The van der Waals surface area contributed by atoms with Crippen LogP contribution in [-0.4, -0.2) is 22.8 Å². The molecule has 2 unspecified atom stereocenters. The van der Waals surface area contributed by atoms with Crippen molar-refractivity contribution in [2.45, 2.75) is 71.5 Å². The number of carbonyl (C=O) groups is 1. The largest absolute Gasteiger partial charge is 0.478 e. The van der Waals surface area contributed by atoms with Gasteiger partial charge in [-0.3, -0.25) is 0 Å². The SMILES string of the molecule is CCC1(C)OC1CCC(C)=CCCC(C)=CC(=O)O. The number of hydrogen-bond donors (Lipinski definition) is 1. The number of allylic oxidation sites excluding steroid dienone is 3. The molecule has 3 heteroatoms. The van der Waals surface area contributed by atoms with E-state index in [-0.39, 0.29) is 5.60 Å². The van der Waals surface area contributed by atoms with Gasteiger partial charge in [0, 0.05) is 6.08 Å². The van der Waals surface area contributed by atoms with E-state index in [4.69, 9.17) is 9.84 Å². The number of rotatable bonds is 8. The van der Waals surface area contributed by atoms with E-state index >= 15 is 0 Å². The molecule has 1 heterocycles. The minimum Gasteiger partial charge on any atom is -0.478 e. The van der Waals surface area contributed by atoms with Crippen molar-refractivity contribution in [2.24, 2.45) is 0 Å². The van der Waals surface area contributed by atoms with Gasteiger partial charge in [0.1, 0.15) is 0 Å². The van der Waals surface area contributed by atoms with Crippen molar-refractivity contribution >= 4 is 5.97 Å². The monoisotopic (exact) mass is 266 g/mol. The van der Waals surface area contributed by atoms with Crippen LogP contribution >= 0.6 is 0 Å². The van der Waals surface area contributed by atoms with Crippen LogP contribution in [0.4, 0.5) is 0 Å². The molecule has 19 heavy (non-hydrogen) atoms. The molecule has 0 aromatic carbocycles. The Morgan fingerprint density at radius 2 is 2.00 bits per heavy atom. The van der Waals surface area contributed by atoms with E-state index in [1.165, 1.54) is 11.6 Å². The van der Waals surface area contributed by atoms with Crippen LogP contribution in [0.5, 0.6) is 0 Å². The lowest BCUT2D eigenvalue weighted by atomic mass is 9.99. The van der Waals surface area contributed by atoms with Gasteiger partial charge in [0.2, 0.25) is 0 Å². The number of hydrogen-bond acceptors (Lipinski definition) is 2. The van der Waals surface area contributed by atoms with E-state index in [1.54, 1.807) is 0 Å². The number of carboxylic acids is 1. The van der Waals surface area contributed by atoms with Gasteiger partial charge >= 0.3 is 5.97 Å². The summed E-state index contributed by atoms with van der Waals surface area (Å²) in [4.78, 5) is 10.5. The topological polar surface area (TPSA) is 49.8 Å². The second kappa shape index (κ2) is 6.90. The summed E-state index contributed by atoms with van der Waals surface area (Å²) in [5.74, 6) is -0.858. The van der Waals surface area contributed by atoms with E-state index in [2.05, 4.69) is 26.8 Å². The van der Waals surface area contributed by atoms with E-state index < -0.39 is 5.97 Å². The second-order valence-corrected chi connectivity index (χ2v) is 5.73. The molecule has 1 aliphatic rings. The van der Waals surface area contributed by atoms with Gasteiger partial charge in [-0.25, -0.2) is 4.79 Å². The Balaban J connectivity index is 2.21. The fourth-order valence-electron chi connectivity index (χ4n) is 2.26. The summed E-state index contributed by atoms with van der Waals surface area (Å²) in [7, 11) is 0. The molecule has 0 spiro atoms. The molecule has 1 aliphatic heterocycles. The van der Waals surface area contributed by atoms with Crippen LogP contribution in [0.3, 0.4) is 0 Å². The second-order valence-electron chi connectivity index (χ2n) is 5.73. The van der Waals surface area contributed by atoms with Crippen molar-refractivity contribution < 1.29 is 14.6 Å². The van der Waals surface area contributed by atoms with Gasteiger partial charge in [0.05, 0.1) is 11.7 Å². The minimum atomic E-state index is -0.858. The molecule has 1 rings (SSSR count). The quantitative estimate of drug-likeness (QED) is 0.409. The van der Waals surface area contributed by atoms with Crippen molar-refractivity contribution in [3.8, 4) is 0 Å². The molecule has 0 amide bonds. The van der Waals surface area contributed by atoms with Crippen molar-refractivity contribution in [3.05, 3.63) is 23.3 Å². The zero-order chi connectivity index (χ0) is 14.5. The normalized spacial score (nSPS) is 27.5. The Morgan fingerprint density at radius 3 is 2.53 bits per heavy atom. The number of aliphatic carboxylic acids is 1. The van der Waals surface area contributed by atoms with Gasteiger partial charge in [-0.2, -0.15) is 0 Å². The maximum absolute atomic E-state index is 10.5. The summed E-state index contributed by atoms with van der Waals surface area (Å²) in [5.41, 5.74) is 2.42. The van der Waals surface area contributed by atoms with Crippen LogP contribution in [-0.2, 0) is 9.53 Å². The van der Waals surface area contributed by atoms with E-state index in [1.807, 2.05) is 6.92 Å². The Bertz CT molecular complexity index is 381. The minimum absolute atomic E-state index is 0.126. The molecule has 0 saturated carbocycles. The highest BCUT2D eigenvalue weighted by atomic mass is 16.6. The van der Waals surface area contributed by atoms with Crippen LogP contribution < -0.4 is 0 Å². The van der Waals surface area contributed by atoms with Crippen LogP contribution in [0.1, 0.15) is 59.8 Å². The van der Waals surface area contributed by atoms with E-state index in [0.29, 0.717) is 6.10 Å². The average Bonchev–Trinajstić information content (AvgIpc) is 2.98. The summed E-state index contributed by atoms with van der Waals surface area (Å²) in [6.45, 7) is 8.35. The van der Waals surface area contributed by atoms with Gasteiger partial charge in [0.15, 0.2) is 0 Å². The molecule has 1 saturated heterocycles. The predicted molar refractivity (Wildman–Crippen MR) is 77.2 cm³/mol. The average molecular weight is 266 g/mol. The first-order valence-corrected chi connectivity index (χ1v) is 7.11. The van der Waals surface area contributed by atoms with Crippen molar-refractivity contribution in [2.75, 3.05) is 0 Å². The molecule has 0 bridgehead atoms. The number of ether oxygens (including phenoxy) is 1. The third-order valence-electron chi connectivity index (χ3n) is 3.94. The van der Waals surface area contributed by atoms with Gasteiger partial charge < -0.3 is 9.84 Å². The Kier molecular flexibility index (Phi) is 5.80. The zero-order valence-corrected chi connectivity index (χ0v) is 12.5. The molecule has 1 N–H and O–H groups in total. The molecule has 0 aromatic rings. The summed E-state index contributed by atoms with van der Waals surface area (Å²) >= 11 is 0. The standard InChI is InChI=1S/C16H26O3/c1-5-16(4)14(19-16)10-9-12(2)7-6-8-13(3)11-15(17)18/h7,11,14H,5-6,8-10H2,1-4H3,(H,17,18). The lowest BCUT2D eigenvalue weighted by Crippen LogP contribution is -2.07. The highest BCUT2D eigenvalue weighted by Crippen LogP contribution is 2.42. The van der Waals surface area contributed by atoms with Gasteiger partial charge in [0.25, 0.3) is 0 Å². The third-order valence-corrected chi connectivity index (χ3v) is 3.94. The van der Waals surface area contributed by atoms with E-state index in [0.717, 1.165) is 37.7 Å². The number of carboxylic acid groups (broad SMARTS) is 1. The van der Waals surface area contributed by atoms with Crippen LogP contribution in [0.25, 0.3) is 0 Å². The smallest absolute Gasteiger partial charge is 0.328 e. The lowest BCUT2D eigenvalue weighted by molar-refractivity contribution is -0.131. The Labute approximate surface area is 116 Å². The van der Waals surface area contributed by atoms with Crippen LogP contribution in [0.15, 0.2) is 23.3 Å². The van der Waals surface area contributed by atoms with Gasteiger partial charge in [-0.1, -0.05) is 24.1 Å². The van der Waals surface area contributed by atoms with Gasteiger partial charge in [-0.05, 0) is 52.9 Å². The maximum Gasteiger partial charge on any atom is 0.328 e. The van der Waals surface area contributed by atoms with E-state index in [9.17, 15) is 4.79 Å². The Hall–Kier alpha value is -1.09. The first kappa shape index (κ1) is 16.0. The molecule has 0 aromatic heterocycles. The summed E-state index contributed by atoms with van der Waals surface area (Å²) in [5, 5.41) is 8.61. The predicted octanol–water partition coefficient (Wildman–Crippen LogP) is 4.09. The lowest BCUT2D eigenvalue weighted by Gasteiger charge is -2.03. The molecule has 1 fully saturated rings.